The molecule has 3 rings (SSSR count). The summed E-state index contributed by atoms with van der Waals surface area (Å²) < 4.78 is 75.2. The quantitative estimate of drug-likeness (QED) is 0.272. The van der Waals surface area contributed by atoms with Gasteiger partial charge in [0.15, 0.2) is 23.6 Å². The molecule has 0 unspecified atom stereocenters. The minimum atomic E-state index is -5.10. The first kappa shape index (κ1) is 33.9. The lowest BCUT2D eigenvalue weighted by molar-refractivity contribution is -0.176. The maximum absolute atomic E-state index is 13.5. The number of aryl methyl sites for hydroxylation is 1. The Balaban J connectivity index is 1.88. The Labute approximate surface area is 249 Å². The van der Waals surface area contributed by atoms with Gasteiger partial charge in [0.2, 0.25) is 0 Å². The molecule has 1 aliphatic rings. The van der Waals surface area contributed by atoms with E-state index in [0.29, 0.717) is 12.1 Å². The molecule has 2 aromatic rings. The number of alkyl halides is 3. The van der Waals surface area contributed by atoms with Gasteiger partial charge in [-0.25, -0.2) is 19.0 Å². The number of benzene rings is 1. The number of halogens is 4. The summed E-state index contributed by atoms with van der Waals surface area (Å²) in [4.78, 5) is 68.1. The second kappa shape index (κ2) is 13.8. The van der Waals surface area contributed by atoms with Gasteiger partial charge in [0.05, 0.1) is 23.0 Å². The summed E-state index contributed by atoms with van der Waals surface area (Å²) in [5.74, 6) is -8.52. The van der Waals surface area contributed by atoms with Crippen LogP contribution < -0.4 is 10.1 Å². The number of carbonyl (C=O) groups is 5. The lowest BCUT2D eigenvalue weighted by atomic mass is 9.95. The summed E-state index contributed by atoms with van der Waals surface area (Å²) in [6.07, 6.45) is -6.11. The van der Waals surface area contributed by atoms with Crippen molar-refractivity contribution in [2.75, 3.05) is 6.61 Å². The van der Waals surface area contributed by atoms with Crippen LogP contribution in [0.4, 0.5) is 17.6 Å². The molecule has 1 aliphatic heterocycles. The predicted octanol–water partition coefficient (Wildman–Crippen LogP) is 3.95. The van der Waals surface area contributed by atoms with Gasteiger partial charge in [0.25, 0.3) is 5.91 Å². The Bertz CT molecular complexity index is 1440. The summed E-state index contributed by atoms with van der Waals surface area (Å²) in [5.41, 5.74) is -3.11. The second-order valence-electron chi connectivity index (χ2n) is 10.3. The first-order chi connectivity index (χ1) is 20.5. The highest BCUT2D eigenvalue weighted by Crippen LogP contribution is 2.34. The zero-order chi connectivity index (χ0) is 32.9. The zero-order valence-corrected chi connectivity index (χ0v) is 24.3. The second-order valence-corrected chi connectivity index (χ2v) is 10.3. The van der Waals surface area contributed by atoms with E-state index in [0.717, 1.165) is 6.20 Å². The van der Waals surface area contributed by atoms with Gasteiger partial charge >= 0.3 is 30.1 Å². The molecule has 0 aliphatic carbocycles. The van der Waals surface area contributed by atoms with Crippen molar-refractivity contribution < 1.29 is 60.5 Å². The number of rotatable bonds is 7. The Hall–Kier alpha value is -4.56. The van der Waals surface area contributed by atoms with Crippen molar-refractivity contribution in [3.63, 3.8) is 0 Å². The third kappa shape index (κ3) is 7.88. The van der Waals surface area contributed by atoms with Gasteiger partial charge in [-0.1, -0.05) is 20.8 Å². The molecule has 15 heteroatoms. The van der Waals surface area contributed by atoms with Gasteiger partial charge in [-0.3, -0.25) is 14.4 Å². The van der Waals surface area contributed by atoms with Crippen molar-refractivity contribution in [1.82, 2.24) is 10.3 Å². The molecule has 1 aromatic heterocycles. The van der Waals surface area contributed by atoms with Crippen molar-refractivity contribution in [3.05, 3.63) is 58.7 Å². The number of ether oxygens (including phenoxy) is 4. The lowest BCUT2D eigenvalue weighted by Crippen LogP contribution is -2.47. The molecule has 0 saturated carbocycles. The van der Waals surface area contributed by atoms with Crippen molar-refractivity contribution in [1.29, 1.82) is 0 Å². The number of esters is 4. The Kier molecular flexibility index (Phi) is 10.7. The summed E-state index contributed by atoms with van der Waals surface area (Å²) in [6, 6.07) is 1.05. The highest BCUT2D eigenvalue weighted by atomic mass is 19.4. The van der Waals surface area contributed by atoms with Gasteiger partial charge in [-0.15, -0.1) is 0 Å². The number of nitrogens with one attached hydrogen (secondary N) is 1. The minimum Gasteiger partial charge on any atom is -0.463 e. The molecule has 1 saturated heterocycles. The van der Waals surface area contributed by atoms with E-state index in [1.165, 1.54) is 19.9 Å². The predicted molar refractivity (Wildman–Crippen MR) is 142 cm³/mol. The Morgan fingerprint density at radius 1 is 1.14 bits per heavy atom. The lowest BCUT2D eigenvalue weighted by Gasteiger charge is -2.29. The number of amides is 1. The number of hydrogen-bond donors (Lipinski definition) is 1. The van der Waals surface area contributed by atoms with Crippen LogP contribution in [0.5, 0.6) is 5.75 Å². The molecule has 1 amide bonds. The number of aromatic nitrogens is 1. The third-order valence-corrected chi connectivity index (χ3v) is 6.63. The van der Waals surface area contributed by atoms with E-state index in [2.05, 4.69) is 10.3 Å². The number of hydrogen-bond acceptors (Lipinski definition) is 10. The van der Waals surface area contributed by atoms with Gasteiger partial charge in [-0.2, -0.15) is 13.2 Å². The van der Waals surface area contributed by atoms with Crippen LogP contribution in [0.25, 0.3) is 0 Å². The van der Waals surface area contributed by atoms with Crippen LogP contribution in [0.15, 0.2) is 30.5 Å². The van der Waals surface area contributed by atoms with Crippen LogP contribution in [-0.4, -0.2) is 59.6 Å². The largest absolute Gasteiger partial charge is 0.463 e. The monoisotopic (exact) mass is 626 g/mol. The summed E-state index contributed by atoms with van der Waals surface area (Å²) in [5, 5.41) is 2.27. The van der Waals surface area contributed by atoms with Crippen molar-refractivity contribution >= 4 is 29.8 Å². The fourth-order valence-electron chi connectivity index (χ4n) is 4.22. The molecule has 11 nitrogen and oxygen atoms in total. The molecule has 238 valence electrons. The molecule has 0 radical (unpaired) electrons. The number of carbonyl (C=O) groups excluding carboxylic acids is 5. The summed E-state index contributed by atoms with van der Waals surface area (Å²) in [6.45, 7) is 6.89. The normalized spacial score (nSPS) is 20.9. The molecule has 1 aromatic carbocycles. The Morgan fingerprint density at radius 3 is 2.43 bits per heavy atom. The Morgan fingerprint density at radius 2 is 1.82 bits per heavy atom. The van der Waals surface area contributed by atoms with Gasteiger partial charge in [0.1, 0.15) is 18.5 Å². The number of pyridine rings is 1. The highest BCUT2D eigenvalue weighted by molar-refractivity contribution is 6.00. The van der Waals surface area contributed by atoms with Crippen LogP contribution in [0.3, 0.4) is 0 Å². The zero-order valence-electron chi connectivity index (χ0n) is 24.3. The van der Waals surface area contributed by atoms with Crippen LogP contribution in [-0.2, 0) is 34.8 Å². The van der Waals surface area contributed by atoms with Crippen LogP contribution in [0, 0.1) is 24.6 Å². The standard InChI is InChI=1S/C29H30F4N2O9/c1-6-17-23(44-25(37)13(2)3)15(5)42-28(40)20(12-41-26(17)38)35-24(36)21-22(14(4)9-10-34-21)43-27(39)18-8-7-16(30)11-19(18)29(31,32)33/h7-11,13,15,17,20,23H,6,12H2,1-5H3,(H,35,36)/t15-,17+,20-,23-/m0/s1. The maximum Gasteiger partial charge on any atom is 0.417 e. The van der Waals surface area contributed by atoms with Crippen molar-refractivity contribution in [2.24, 2.45) is 11.8 Å². The van der Waals surface area contributed by atoms with E-state index in [-0.39, 0.29) is 18.1 Å². The van der Waals surface area contributed by atoms with Gasteiger partial charge in [-0.05, 0) is 50.1 Å². The maximum atomic E-state index is 13.5. The summed E-state index contributed by atoms with van der Waals surface area (Å²) >= 11 is 0. The van der Waals surface area contributed by atoms with E-state index in [9.17, 15) is 41.5 Å². The van der Waals surface area contributed by atoms with Crippen LogP contribution >= 0.6 is 0 Å². The molecule has 1 N–H and O–H groups in total. The average Bonchev–Trinajstić information content (AvgIpc) is 2.98. The highest BCUT2D eigenvalue weighted by Gasteiger charge is 2.42. The molecule has 2 heterocycles. The number of cyclic esters (lactones) is 2. The molecule has 1 fully saturated rings. The molecule has 0 bridgehead atoms. The van der Waals surface area contributed by atoms with Crippen LogP contribution in [0.2, 0.25) is 0 Å². The van der Waals surface area contributed by atoms with E-state index >= 15 is 0 Å². The molecule has 44 heavy (non-hydrogen) atoms. The van der Waals surface area contributed by atoms with E-state index in [4.69, 9.17) is 18.9 Å². The fraction of sp³-hybridized carbons (Fsp3) is 0.448. The average molecular weight is 627 g/mol. The molecular weight excluding hydrogens is 596 g/mol. The van der Waals surface area contributed by atoms with Crippen molar-refractivity contribution in [3.8, 4) is 5.75 Å². The first-order valence-electron chi connectivity index (χ1n) is 13.5. The molecule has 4 atom stereocenters. The van der Waals surface area contributed by atoms with Gasteiger partial charge in [0, 0.05) is 6.20 Å². The number of nitrogens with zero attached hydrogens (tertiary/aromatic N) is 1. The smallest absolute Gasteiger partial charge is 0.417 e. The van der Waals surface area contributed by atoms with E-state index in [1.807, 2.05) is 0 Å². The molecule has 0 spiro atoms. The fourth-order valence-corrected chi connectivity index (χ4v) is 4.22. The molecular formula is C29H30F4N2O9. The SMILES string of the molecule is CC[C@H]1C(=O)OC[C@H](NC(=O)c2nccc(C)c2OC(=O)c2ccc(F)cc2C(F)(F)F)C(=O)O[C@@H](C)[C@@H]1OC(=O)C(C)C. The third-order valence-electron chi connectivity index (χ3n) is 6.63. The summed E-state index contributed by atoms with van der Waals surface area (Å²) in [7, 11) is 0. The van der Waals surface area contributed by atoms with Gasteiger partial charge < -0.3 is 24.3 Å². The van der Waals surface area contributed by atoms with Crippen LogP contribution in [0.1, 0.15) is 66.1 Å². The first-order valence-corrected chi connectivity index (χ1v) is 13.5. The topological polar surface area (TPSA) is 147 Å². The van der Waals surface area contributed by atoms with Crippen molar-refractivity contribution in [2.45, 2.75) is 65.5 Å². The van der Waals surface area contributed by atoms with E-state index in [1.54, 1.807) is 20.8 Å². The minimum absolute atomic E-state index is 0.104. The van der Waals surface area contributed by atoms with E-state index < -0.39 is 101 Å².